The first-order chi connectivity index (χ1) is 14.4. The Kier molecular flexibility index (Phi) is 5.01. The molecular weight excluding hydrogens is 386 g/mol. The van der Waals surface area contributed by atoms with Crippen molar-refractivity contribution in [3.05, 3.63) is 53.1 Å². The average Bonchev–Trinajstić information content (AvgIpc) is 3.04. The molecular formula is C21H19N5O4. The van der Waals surface area contributed by atoms with Crippen LogP contribution < -0.4 is 10.9 Å². The van der Waals surface area contributed by atoms with Gasteiger partial charge in [-0.05, 0) is 36.8 Å². The summed E-state index contributed by atoms with van der Waals surface area (Å²) in [7, 11) is 1.86. The van der Waals surface area contributed by atoms with Crippen LogP contribution in [0.15, 0.2) is 47.5 Å². The monoisotopic (exact) mass is 405 g/mol. The molecule has 3 N–H and O–H groups in total. The van der Waals surface area contributed by atoms with Crippen LogP contribution >= 0.6 is 0 Å². The number of nitrogens with one attached hydrogen (secondary N) is 2. The molecule has 3 aromatic heterocycles. The molecule has 0 saturated heterocycles. The van der Waals surface area contributed by atoms with Gasteiger partial charge >= 0.3 is 5.97 Å². The molecule has 0 aliphatic carbocycles. The molecule has 1 aromatic carbocycles. The molecule has 4 aromatic rings. The summed E-state index contributed by atoms with van der Waals surface area (Å²) in [5.41, 5.74) is 2.98. The number of aromatic amines is 1. The Labute approximate surface area is 170 Å². The Bertz CT molecular complexity index is 1340. The summed E-state index contributed by atoms with van der Waals surface area (Å²) in [6, 6.07) is 8.74. The van der Waals surface area contributed by atoms with Crippen molar-refractivity contribution in [3.63, 3.8) is 0 Å². The third-order valence-electron chi connectivity index (χ3n) is 4.76. The summed E-state index contributed by atoms with van der Waals surface area (Å²) in [6.07, 6.45) is 3.83. The highest BCUT2D eigenvalue weighted by Crippen LogP contribution is 2.26. The normalized spacial score (nSPS) is 11.1. The van der Waals surface area contributed by atoms with Gasteiger partial charge in [-0.3, -0.25) is 14.4 Å². The number of benzene rings is 1. The molecule has 30 heavy (non-hydrogen) atoms. The van der Waals surface area contributed by atoms with Crippen molar-refractivity contribution < 1.29 is 14.7 Å². The number of amides is 1. The minimum Gasteiger partial charge on any atom is -0.481 e. The zero-order valence-electron chi connectivity index (χ0n) is 16.2. The first kappa shape index (κ1) is 19.3. The SMILES string of the molecule is Cn1cc(-c2nc3ccc(NC(=O)CCCC(=O)O)cc3[nH]c2=O)c2cccnc21. The smallest absolute Gasteiger partial charge is 0.303 e. The van der Waals surface area contributed by atoms with Gasteiger partial charge in [0.15, 0.2) is 0 Å². The number of H-pyrrole nitrogens is 1. The lowest BCUT2D eigenvalue weighted by molar-refractivity contribution is -0.137. The summed E-state index contributed by atoms with van der Waals surface area (Å²) in [5.74, 6) is -1.22. The summed E-state index contributed by atoms with van der Waals surface area (Å²) >= 11 is 0. The van der Waals surface area contributed by atoms with E-state index in [1.54, 1.807) is 24.4 Å². The van der Waals surface area contributed by atoms with Gasteiger partial charge in [0.1, 0.15) is 11.3 Å². The van der Waals surface area contributed by atoms with Crippen LogP contribution in [0.25, 0.3) is 33.3 Å². The predicted molar refractivity (Wildman–Crippen MR) is 112 cm³/mol. The summed E-state index contributed by atoms with van der Waals surface area (Å²) < 4.78 is 1.85. The minimum atomic E-state index is -0.935. The topological polar surface area (TPSA) is 130 Å². The fourth-order valence-corrected chi connectivity index (χ4v) is 3.37. The van der Waals surface area contributed by atoms with Crippen LogP contribution in [0.2, 0.25) is 0 Å². The average molecular weight is 405 g/mol. The van der Waals surface area contributed by atoms with Gasteiger partial charge in [0.2, 0.25) is 5.91 Å². The predicted octanol–water partition coefficient (Wildman–Crippen LogP) is 2.67. The fraction of sp³-hybridized carbons (Fsp3) is 0.190. The van der Waals surface area contributed by atoms with E-state index in [0.717, 1.165) is 11.0 Å². The van der Waals surface area contributed by atoms with Crippen LogP contribution in [0.4, 0.5) is 5.69 Å². The van der Waals surface area contributed by atoms with Crippen LogP contribution in [0, 0.1) is 0 Å². The Hall–Kier alpha value is -4.01. The minimum absolute atomic E-state index is 0.0607. The fourth-order valence-electron chi connectivity index (χ4n) is 3.37. The Morgan fingerprint density at radius 1 is 1.23 bits per heavy atom. The molecule has 0 fully saturated rings. The lowest BCUT2D eigenvalue weighted by Gasteiger charge is -2.07. The zero-order valence-corrected chi connectivity index (χ0v) is 16.2. The standard InChI is InChI=1S/C21H19N5O4/c1-26-11-14(13-4-3-9-22-20(13)26)19-21(30)25-16-10-12(7-8-15(16)24-19)23-17(27)5-2-6-18(28)29/h3-4,7-11H,2,5-6H2,1H3,(H,23,27)(H,25,30)(H,28,29). The molecule has 0 atom stereocenters. The summed E-state index contributed by atoms with van der Waals surface area (Å²) in [5, 5.41) is 12.2. The number of fused-ring (bicyclic) bond motifs is 2. The van der Waals surface area contributed by atoms with E-state index in [2.05, 4.69) is 20.3 Å². The van der Waals surface area contributed by atoms with E-state index in [-0.39, 0.29) is 30.7 Å². The number of rotatable bonds is 6. The quantitative estimate of drug-likeness (QED) is 0.452. The highest BCUT2D eigenvalue weighted by molar-refractivity contribution is 5.95. The van der Waals surface area contributed by atoms with E-state index >= 15 is 0 Å². The van der Waals surface area contributed by atoms with E-state index in [9.17, 15) is 14.4 Å². The van der Waals surface area contributed by atoms with Gasteiger partial charge in [-0.15, -0.1) is 0 Å². The van der Waals surface area contributed by atoms with Gasteiger partial charge in [0.05, 0.1) is 11.0 Å². The van der Waals surface area contributed by atoms with E-state index in [1.807, 2.05) is 29.9 Å². The van der Waals surface area contributed by atoms with Gasteiger partial charge in [-0.1, -0.05) is 0 Å². The maximum Gasteiger partial charge on any atom is 0.303 e. The number of anilines is 1. The van der Waals surface area contributed by atoms with Gasteiger partial charge in [0, 0.05) is 48.9 Å². The molecule has 1 amide bonds. The van der Waals surface area contributed by atoms with Crippen LogP contribution in [0.1, 0.15) is 19.3 Å². The Morgan fingerprint density at radius 3 is 2.87 bits per heavy atom. The van der Waals surface area contributed by atoms with Crippen LogP contribution in [0.5, 0.6) is 0 Å². The second-order valence-electron chi connectivity index (χ2n) is 6.97. The highest BCUT2D eigenvalue weighted by Gasteiger charge is 2.15. The second-order valence-corrected chi connectivity index (χ2v) is 6.97. The largest absolute Gasteiger partial charge is 0.481 e. The third-order valence-corrected chi connectivity index (χ3v) is 4.76. The lowest BCUT2D eigenvalue weighted by atomic mass is 10.1. The van der Waals surface area contributed by atoms with Crippen molar-refractivity contribution in [2.24, 2.45) is 7.05 Å². The maximum absolute atomic E-state index is 12.7. The van der Waals surface area contributed by atoms with Crippen molar-refractivity contribution in [2.75, 3.05) is 5.32 Å². The third kappa shape index (κ3) is 3.77. The molecule has 9 nitrogen and oxygen atoms in total. The number of aryl methyl sites for hydroxylation is 1. The Balaban J connectivity index is 1.64. The maximum atomic E-state index is 12.7. The number of pyridine rings is 1. The van der Waals surface area contributed by atoms with E-state index in [4.69, 9.17) is 5.11 Å². The van der Waals surface area contributed by atoms with E-state index < -0.39 is 5.97 Å². The number of carboxylic acids is 1. The molecule has 0 radical (unpaired) electrons. The molecule has 0 saturated carbocycles. The van der Waals surface area contributed by atoms with Gasteiger partial charge in [-0.2, -0.15) is 0 Å². The molecule has 152 valence electrons. The van der Waals surface area contributed by atoms with Crippen molar-refractivity contribution >= 4 is 39.6 Å². The van der Waals surface area contributed by atoms with Crippen molar-refractivity contribution in [3.8, 4) is 11.3 Å². The molecule has 9 heteroatoms. The first-order valence-corrected chi connectivity index (χ1v) is 9.38. The van der Waals surface area contributed by atoms with Gasteiger partial charge < -0.3 is 20.0 Å². The van der Waals surface area contributed by atoms with E-state index in [0.29, 0.717) is 28.0 Å². The Morgan fingerprint density at radius 2 is 2.07 bits per heavy atom. The molecule has 0 spiro atoms. The van der Waals surface area contributed by atoms with Gasteiger partial charge in [0.25, 0.3) is 5.56 Å². The zero-order chi connectivity index (χ0) is 21.3. The molecule has 0 aliphatic rings. The number of aromatic nitrogens is 4. The number of carbonyl (C=O) groups excluding carboxylic acids is 1. The molecule has 0 aliphatic heterocycles. The van der Waals surface area contributed by atoms with Crippen LogP contribution in [0.3, 0.4) is 0 Å². The second kappa shape index (κ2) is 7.78. The van der Waals surface area contributed by atoms with Crippen molar-refractivity contribution in [1.82, 2.24) is 19.5 Å². The van der Waals surface area contributed by atoms with Crippen molar-refractivity contribution in [1.29, 1.82) is 0 Å². The van der Waals surface area contributed by atoms with Crippen LogP contribution in [-0.2, 0) is 16.6 Å². The first-order valence-electron chi connectivity index (χ1n) is 9.38. The molecule has 4 rings (SSSR count). The molecule has 0 bridgehead atoms. The number of aliphatic carboxylic acids is 1. The molecule has 0 unspecified atom stereocenters. The number of carboxylic acid groups (broad SMARTS) is 1. The number of hydrogen-bond acceptors (Lipinski definition) is 5. The molecule has 3 heterocycles. The number of nitrogens with zero attached hydrogens (tertiary/aromatic N) is 3. The van der Waals surface area contributed by atoms with Crippen molar-refractivity contribution in [2.45, 2.75) is 19.3 Å². The summed E-state index contributed by atoms with van der Waals surface area (Å²) in [4.78, 5) is 46.9. The summed E-state index contributed by atoms with van der Waals surface area (Å²) in [6.45, 7) is 0. The van der Waals surface area contributed by atoms with Gasteiger partial charge in [-0.25, -0.2) is 9.97 Å². The van der Waals surface area contributed by atoms with E-state index in [1.165, 1.54) is 0 Å². The number of hydrogen-bond donors (Lipinski definition) is 3. The highest BCUT2D eigenvalue weighted by atomic mass is 16.4. The number of carbonyl (C=O) groups is 2. The lowest BCUT2D eigenvalue weighted by Crippen LogP contribution is -2.13. The van der Waals surface area contributed by atoms with Crippen LogP contribution in [-0.4, -0.2) is 36.5 Å².